The van der Waals surface area contributed by atoms with E-state index in [1.807, 2.05) is 13.8 Å². The Bertz CT molecular complexity index is 766. The Morgan fingerprint density at radius 1 is 1.46 bits per heavy atom. The van der Waals surface area contributed by atoms with Crippen LogP contribution >= 0.6 is 23.4 Å². The van der Waals surface area contributed by atoms with Crippen molar-refractivity contribution in [1.82, 2.24) is 5.32 Å². The average Bonchev–Trinajstić information content (AvgIpc) is 2.88. The number of rotatable bonds is 7. The van der Waals surface area contributed by atoms with Gasteiger partial charge in [0.1, 0.15) is 5.25 Å². The molecular formula is C16H18ClN3O5S. The summed E-state index contributed by atoms with van der Waals surface area (Å²) in [6.45, 7) is 3.79. The van der Waals surface area contributed by atoms with Gasteiger partial charge in [-0.05, 0) is 19.9 Å². The molecule has 1 atom stereocenters. The second kappa shape index (κ2) is 8.91. The maximum Gasteiger partial charge on any atom is 0.305 e. The highest BCUT2D eigenvalue weighted by Crippen LogP contribution is 2.33. The molecule has 0 bridgehead atoms. The minimum absolute atomic E-state index is 0.0346. The summed E-state index contributed by atoms with van der Waals surface area (Å²) >= 11 is 7.25. The molecule has 1 aliphatic heterocycles. The molecule has 1 heterocycles. The van der Waals surface area contributed by atoms with Crippen molar-refractivity contribution in [2.75, 3.05) is 7.11 Å². The van der Waals surface area contributed by atoms with Crippen LogP contribution in [0.1, 0.15) is 25.8 Å². The van der Waals surface area contributed by atoms with Crippen LogP contribution in [-0.2, 0) is 9.59 Å². The molecule has 1 aromatic rings. The predicted molar refractivity (Wildman–Crippen MR) is 101 cm³/mol. The second-order valence-electron chi connectivity index (χ2n) is 5.53. The Kier molecular flexibility index (Phi) is 6.87. The predicted octanol–water partition coefficient (Wildman–Crippen LogP) is 2.53. The highest BCUT2D eigenvalue weighted by atomic mass is 35.5. The van der Waals surface area contributed by atoms with E-state index < -0.39 is 17.1 Å². The number of ether oxygens (including phenoxy) is 2. The molecule has 0 radical (unpaired) electrons. The lowest BCUT2D eigenvalue weighted by molar-refractivity contribution is -0.138. The molecule has 1 fully saturated rings. The van der Waals surface area contributed by atoms with Crippen LogP contribution in [0.25, 0.3) is 0 Å². The number of carbonyl (C=O) groups excluding carboxylic acids is 1. The zero-order valence-corrected chi connectivity index (χ0v) is 15.9. The van der Waals surface area contributed by atoms with E-state index in [9.17, 15) is 9.59 Å². The van der Waals surface area contributed by atoms with Gasteiger partial charge in [-0.25, -0.2) is 0 Å². The van der Waals surface area contributed by atoms with E-state index in [1.54, 1.807) is 12.1 Å². The summed E-state index contributed by atoms with van der Waals surface area (Å²) in [5.74, 6) is -0.431. The number of benzene rings is 1. The summed E-state index contributed by atoms with van der Waals surface area (Å²) in [5.41, 5.74) is 0.556. The van der Waals surface area contributed by atoms with Crippen LogP contribution in [0.15, 0.2) is 22.3 Å². The maximum absolute atomic E-state index is 11.6. The Hall–Kier alpha value is -2.26. The average molecular weight is 400 g/mol. The number of carboxylic acids is 1. The molecule has 26 heavy (non-hydrogen) atoms. The lowest BCUT2D eigenvalue weighted by atomic mass is 10.2. The molecule has 2 N–H and O–H groups in total. The molecule has 0 spiro atoms. The summed E-state index contributed by atoms with van der Waals surface area (Å²) in [5, 5.41) is 19.0. The van der Waals surface area contributed by atoms with Gasteiger partial charge in [0, 0.05) is 11.6 Å². The van der Waals surface area contributed by atoms with E-state index in [0.29, 0.717) is 22.1 Å². The van der Waals surface area contributed by atoms with Crippen LogP contribution in [-0.4, -0.2) is 46.8 Å². The van der Waals surface area contributed by atoms with Crippen LogP contribution in [0.4, 0.5) is 0 Å². The van der Waals surface area contributed by atoms with Crippen molar-refractivity contribution in [2.45, 2.75) is 31.6 Å². The normalized spacial score (nSPS) is 18.6. The summed E-state index contributed by atoms with van der Waals surface area (Å²) in [6.07, 6.45) is 1.10. The molecule has 10 heteroatoms. The first-order valence-corrected chi connectivity index (χ1v) is 8.90. The largest absolute Gasteiger partial charge is 0.493 e. The fraction of sp³-hybridized carbons (Fsp3) is 0.375. The number of methoxy groups -OCH3 is 1. The number of amidine groups is 1. The molecule has 1 unspecified atom stereocenters. The smallest absolute Gasteiger partial charge is 0.305 e. The van der Waals surface area contributed by atoms with Gasteiger partial charge in [-0.1, -0.05) is 23.4 Å². The van der Waals surface area contributed by atoms with Crippen molar-refractivity contribution >= 4 is 46.6 Å². The first kappa shape index (κ1) is 20.1. The van der Waals surface area contributed by atoms with E-state index in [1.165, 1.54) is 13.3 Å². The quantitative estimate of drug-likeness (QED) is 0.538. The number of carboxylic acid groups (broad SMARTS) is 1. The minimum Gasteiger partial charge on any atom is -0.493 e. The summed E-state index contributed by atoms with van der Waals surface area (Å²) in [6, 6.07) is 3.29. The number of halogens is 1. The van der Waals surface area contributed by atoms with Crippen molar-refractivity contribution < 1.29 is 24.2 Å². The number of thioether (sulfide) groups is 1. The molecule has 1 aromatic carbocycles. The van der Waals surface area contributed by atoms with Gasteiger partial charge < -0.3 is 19.9 Å². The van der Waals surface area contributed by atoms with Crippen molar-refractivity contribution in [1.29, 1.82) is 0 Å². The molecule has 1 saturated heterocycles. The van der Waals surface area contributed by atoms with Gasteiger partial charge in [-0.2, -0.15) is 5.10 Å². The van der Waals surface area contributed by atoms with Gasteiger partial charge in [-0.15, -0.1) is 5.10 Å². The second-order valence-corrected chi connectivity index (χ2v) is 7.13. The van der Waals surface area contributed by atoms with E-state index in [4.69, 9.17) is 26.2 Å². The number of hydrogen-bond donors (Lipinski definition) is 2. The van der Waals surface area contributed by atoms with Gasteiger partial charge in [0.25, 0.3) is 0 Å². The third-order valence-electron chi connectivity index (χ3n) is 3.13. The third kappa shape index (κ3) is 5.37. The van der Waals surface area contributed by atoms with Crippen LogP contribution in [0.2, 0.25) is 5.02 Å². The van der Waals surface area contributed by atoms with Crippen molar-refractivity contribution in [2.24, 2.45) is 10.2 Å². The standard InChI is InChI=1S/C16H18ClN3O5S/c1-8(2)25-12-5-10(17)9(4-11(12)24-3)7-18-20-16-19-15(23)13(26-16)6-14(21)22/h4-5,7-8,13H,6H2,1-3H3,(H,21,22)(H,19,20,23). The molecule has 8 nitrogen and oxygen atoms in total. The zero-order valence-electron chi connectivity index (χ0n) is 14.4. The molecule has 1 amide bonds. The SMILES string of the molecule is COc1cc(C=NN=C2NC(=O)C(CC(=O)O)S2)c(Cl)cc1OC(C)C. The zero-order chi connectivity index (χ0) is 19.3. The third-order valence-corrected chi connectivity index (χ3v) is 4.53. The molecule has 2 rings (SSSR count). The van der Waals surface area contributed by atoms with E-state index in [-0.39, 0.29) is 17.7 Å². The Balaban J connectivity index is 2.13. The molecule has 0 aromatic heterocycles. The Labute approximate surface area is 159 Å². The minimum atomic E-state index is -1.05. The molecule has 0 saturated carbocycles. The number of nitrogens with one attached hydrogen (secondary N) is 1. The first-order chi connectivity index (χ1) is 12.3. The number of hydrogen-bond acceptors (Lipinski definition) is 7. The van der Waals surface area contributed by atoms with E-state index in [0.717, 1.165) is 11.8 Å². The van der Waals surface area contributed by atoms with Crippen molar-refractivity contribution in [3.8, 4) is 11.5 Å². The lowest BCUT2D eigenvalue weighted by Crippen LogP contribution is -2.26. The van der Waals surface area contributed by atoms with Crippen LogP contribution in [0.3, 0.4) is 0 Å². The molecule has 0 aliphatic carbocycles. The van der Waals surface area contributed by atoms with Gasteiger partial charge >= 0.3 is 5.97 Å². The molecular weight excluding hydrogens is 382 g/mol. The van der Waals surface area contributed by atoms with Crippen LogP contribution in [0, 0.1) is 0 Å². The lowest BCUT2D eigenvalue weighted by Gasteiger charge is -2.14. The van der Waals surface area contributed by atoms with E-state index in [2.05, 4.69) is 15.5 Å². The molecule has 140 valence electrons. The fourth-order valence-corrected chi connectivity index (χ4v) is 3.16. The molecule has 1 aliphatic rings. The van der Waals surface area contributed by atoms with Gasteiger partial charge in [0.05, 0.1) is 30.9 Å². The van der Waals surface area contributed by atoms with E-state index >= 15 is 0 Å². The highest BCUT2D eigenvalue weighted by molar-refractivity contribution is 8.15. The van der Waals surface area contributed by atoms with Gasteiger partial charge in [-0.3, -0.25) is 9.59 Å². The Morgan fingerprint density at radius 3 is 2.81 bits per heavy atom. The Morgan fingerprint density at radius 2 is 2.19 bits per heavy atom. The summed E-state index contributed by atoms with van der Waals surface area (Å²) in [4.78, 5) is 22.3. The van der Waals surface area contributed by atoms with Gasteiger partial charge in [0.2, 0.25) is 5.91 Å². The first-order valence-electron chi connectivity index (χ1n) is 7.64. The van der Waals surface area contributed by atoms with Crippen molar-refractivity contribution in [3.63, 3.8) is 0 Å². The maximum atomic E-state index is 11.6. The van der Waals surface area contributed by atoms with Gasteiger partial charge in [0.15, 0.2) is 16.7 Å². The monoisotopic (exact) mass is 399 g/mol. The number of aliphatic carboxylic acids is 1. The van der Waals surface area contributed by atoms with Crippen LogP contribution < -0.4 is 14.8 Å². The topological polar surface area (TPSA) is 110 Å². The summed E-state index contributed by atoms with van der Waals surface area (Å²) in [7, 11) is 1.52. The number of carbonyl (C=O) groups is 2. The van der Waals surface area contributed by atoms with Crippen molar-refractivity contribution in [3.05, 3.63) is 22.7 Å². The number of nitrogens with zero attached hydrogens (tertiary/aromatic N) is 2. The summed E-state index contributed by atoms with van der Waals surface area (Å²) < 4.78 is 10.9. The van der Waals surface area contributed by atoms with Crippen LogP contribution in [0.5, 0.6) is 11.5 Å². The highest BCUT2D eigenvalue weighted by Gasteiger charge is 2.32. The fourth-order valence-electron chi connectivity index (χ4n) is 2.04. The number of amides is 1.